The molecule has 0 spiro atoms. The summed E-state index contributed by atoms with van der Waals surface area (Å²) in [6, 6.07) is 17.1. The zero-order chi connectivity index (χ0) is 23.7. The van der Waals surface area contributed by atoms with E-state index in [0.29, 0.717) is 17.2 Å². The van der Waals surface area contributed by atoms with Gasteiger partial charge in [-0.1, -0.05) is 44.5 Å². The molecule has 172 valence electrons. The van der Waals surface area contributed by atoms with Gasteiger partial charge in [0.25, 0.3) is 0 Å². The fourth-order valence-corrected chi connectivity index (χ4v) is 3.10. The van der Waals surface area contributed by atoms with E-state index in [1.54, 1.807) is 12.4 Å². The highest BCUT2D eigenvalue weighted by atomic mass is 35.5. The molecule has 0 fully saturated rings. The molecule has 0 aliphatic rings. The maximum absolute atomic E-state index is 5.79. The van der Waals surface area contributed by atoms with E-state index in [-0.39, 0.29) is 5.41 Å². The second-order valence-corrected chi connectivity index (χ2v) is 9.65. The summed E-state index contributed by atoms with van der Waals surface area (Å²) < 4.78 is 0. The van der Waals surface area contributed by atoms with Crippen LogP contribution in [0.3, 0.4) is 0 Å². The van der Waals surface area contributed by atoms with Gasteiger partial charge in [0.2, 0.25) is 0 Å². The highest BCUT2D eigenvalue weighted by molar-refractivity contribution is 6.31. The lowest BCUT2D eigenvalue weighted by Crippen LogP contribution is -2.12. The van der Waals surface area contributed by atoms with Gasteiger partial charge in [-0.15, -0.1) is 0 Å². The van der Waals surface area contributed by atoms with E-state index in [9.17, 15) is 0 Å². The van der Waals surface area contributed by atoms with E-state index in [2.05, 4.69) is 98.6 Å². The lowest BCUT2D eigenvalue weighted by atomic mass is 9.87. The molecule has 0 aliphatic carbocycles. The number of pyridine rings is 2. The van der Waals surface area contributed by atoms with E-state index in [1.165, 1.54) is 5.56 Å². The van der Waals surface area contributed by atoms with E-state index >= 15 is 0 Å². The first-order valence-corrected chi connectivity index (χ1v) is 11.4. The van der Waals surface area contributed by atoms with Crippen molar-refractivity contribution in [3.63, 3.8) is 0 Å². The Bertz CT molecular complexity index is 962. The molecule has 6 heteroatoms. The second-order valence-electron chi connectivity index (χ2n) is 9.29. The number of rotatable bonds is 6. The van der Waals surface area contributed by atoms with Gasteiger partial charge in [0.15, 0.2) is 11.0 Å². The third-order valence-corrected chi connectivity index (χ3v) is 4.77. The van der Waals surface area contributed by atoms with E-state index in [0.717, 1.165) is 22.9 Å². The zero-order valence-corrected chi connectivity index (χ0v) is 21.0. The smallest absolute Gasteiger partial charge is 0.153 e. The van der Waals surface area contributed by atoms with Gasteiger partial charge in [-0.05, 0) is 75.1 Å². The number of hydrogen-bond donors (Lipinski definition) is 3. The minimum Gasteiger partial charge on any atom is -0.380 e. The molecule has 32 heavy (non-hydrogen) atoms. The van der Waals surface area contributed by atoms with Gasteiger partial charge >= 0.3 is 0 Å². The van der Waals surface area contributed by atoms with Crippen LogP contribution < -0.4 is 16.0 Å². The number of nitrogens with zero attached hydrogens (tertiary/aromatic N) is 2. The van der Waals surface area contributed by atoms with Gasteiger partial charge in [0, 0.05) is 30.2 Å². The summed E-state index contributed by atoms with van der Waals surface area (Å²) in [4.78, 5) is 8.36. The van der Waals surface area contributed by atoms with Gasteiger partial charge in [-0.2, -0.15) is 0 Å². The van der Waals surface area contributed by atoms with Crippen LogP contribution in [-0.4, -0.2) is 22.1 Å². The Kier molecular flexibility index (Phi) is 9.33. The fourth-order valence-electron chi connectivity index (χ4n) is 2.93. The highest BCUT2D eigenvalue weighted by Crippen LogP contribution is 2.27. The summed E-state index contributed by atoms with van der Waals surface area (Å²) in [6.07, 6.45) is 3.48. The first kappa shape index (κ1) is 25.5. The third-order valence-electron chi connectivity index (χ3n) is 4.47. The average molecular weight is 454 g/mol. The van der Waals surface area contributed by atoms with Gasteiger partial charge < -0.3 is 16.0 Å². The van der Waals surface area contributed by atoms with Crippen LogP contribution in [0.5, 0.6) is 0 Å². The van der Waals surface area contributed by atoms with E-state index in [1.807, 2.05) is 24.3 Å². The van der Waals surface area contributed by atoms with Crippen LogP contribution in [0.25, 0.3) is 0 Å². The lowest BCUT2D eigenvalue weighted by Gasteiger charge is -2.20. The van der Waals surface area contributed by atoms with E-state index < -0.39 is 0 Å². The van der Waals surface area contributed by atoms with Crippen molar-refractivity contribution in [3.05, 3.63) is 71.6 Å². The van der Waals surface area contributed by atoms with Crippen LogP contribution in [0, 0.1) is 0 Å². The normalized spacial score (nSPS) is 11.1. The molecule has 2 heterocycles. The molecule has 3 N–H and O–H groups in total. The van der Waals surface area contributed by atoms with Gasteiger partial charge in [-0.25, -0.2) is 9.97 Å². The molecular formula is C26H36ClN5. The van der Waals surface area contributed by atoms with Crippen molar-refractivity contribution in [1.29, 1.82) is 0 Å². The van der Waals surface area contributed by atoms with Crippen LogP contribution in [0.15, 0.2) is 60.9 Å². The molecule has 3 aromatic rings. The average Bonchev–Trinajstić information content (AvgIpc) is 2.71. The molecular weight excluding hydrogens is 418 g/mol. The van der Waals surface area contributed by atoms with Gasteiger partial charge in [0.1, 0.15) is 0 Å². The van der Waals surface area contributed by atoms with Crippen LogP contribution in [0.2, 0.25) is 5.15 Å². The van der Waals surface area contributed by atoms with Crippen LogP contribution in [0.4, 0.5) is 22.9 Å². The van der Waals surface area contributed by atoms with Crippen molar-refractivity contribution in [1.82, 2.24) is 9.97 Å². The minimum atomic E-state index is 0.174. The van der Waals surface area contributed by atoms with Crippen molar-refractivity contribution in [2.45, 2.75) is 66.0 Å². The molecule has 0 atom stereocenters. The molecule has 0 aliphatic heterocycles. The molecule has 3 rings (SSSR count). The number of halogens is 1. The van der Waals surface area contributed by atoms with Crippen molar-refractivity contribution >= 4 is 34.5 Å². The molecule has 0 saturated carbocycles. The second kappa shape index (κ2) is 11.7. The van der Waals surface area contributed by atoms with Gasteiger partial charge in [-0.3, -0.25) is 0 Å². The maximum Gasteiger partial charge on any atom is 0.153 e. The Balaban J connectivity index is 0.000000278. The molecule has 5 nitrogen and oxygen atoms in total. The van der Waals surface area contributed by atoms with Gasteiger partial charge in [0.05, 0.1) is 11.4 Å². The number of nitrogens with one attached hydrogen (secondary N) is 3. The molecule has 0 amide bonds. The summed E-state index contributed by atoms with van der Waals surface area (Å²) in [5.41, 5.74) is 4.47. The number of benzene rings is 1. The zero-order valence-electron chi connectivity index (χ0n) is 20.2. The van der Waals surface area contributed by atoms with Crippen molar-refractivity contribution in [3.8, 4) is 0 Å². The SMILES string of the molecule is CC(C)Nc1cccnc1Cl.CC(C)Nc1cccnc1Nc1ccc(C(C)(C)C)cc1. The topological polar surface area (TPSA) is 61.9 Å². The maximum atomic E-state index is 5.79. The Morgan fingerprint density at radius 2 is 1.28 bits per heavy atom. The van der Waals surface area contributed by atoms with E-state index in [4.69, 9.17) is 11.6 Å². The van der Waals surface area contributed by atoms with Crippen molar-refractivity contribution < 1.29 is 0 Å². The summed E-state index contributed by atoms with van der Waals surface area (Å²) in [5, 5.41) is 10.5. The lowest BCUT2D eigenvalue weighted by molar-refractivity contribution is 0.590. The Labute approximate surface area is 198 Å². The summed E-state index contributed by atoms with van der Waals surface area (Å²) in [6.45, 7) is 15.0. The standard InChI is InChI=1S/C18H25N3.C8H11ClN2/c1-13(2)20-16-7-6-12-19-17(16)21-15-10-8-14(9-11-15)18(3,4)5;1-6(2)11-7-4-3-5-10-8(7)9/h6-13,20H,1-5H3,(H,19,21);3-6,11H,1-2H3. The monoisotopic (exact) mass is 453 g/mol. The number of hydrogen-bond acceptors (Lipinski definition) is 5. The Morgan fingerprint density at radius 3 is 1.81 bits per heavy atom. The first-order chi connectivity index (χ1) is 15.1. The molecule has 0 unspecified atom stereocenters. The fraction of sp³-hybridized carbons (Fsp3) is 0.385. The quantitative estimate of drug-likeness (QED) is 0.337. The summed E-state index contributed by atoms with van der Waals surface area (Å²) in [7, 11) is 0. The van der Waals surface area contributed by atoms with Crippen LogP contribution in [-0.2, 0) is 5.41 Å². The molecule has 0 saturated heterocycles. The Morgan fingerprint density at radius 1 is 0.750 bits per heavy atom. The predicted octanol–water partition coefficient (Wildman–Crippen LogP) is 7.50. The largest absolute Gasteiger partial charge is 0.380 e. The molecule has 1 aromatic carbocycles. The van der Waals surface area contributed by atoms with Crippen LogP contribution >= 0.6 is 11.6 Å². The first-order valence-electron chi connectivity index (χ1n) is 11.0. The Hall–Kier alpha value is -2.79. The van der Waals surface area contributed by atoms with Crippen molar-refractivity contribution in [2.24, 2.45) is 0 Å². The molecule has 0 bridgehead atoms. The highest BCUT2D eigenvalue weighted by Gasteiger charge is 2.13. The third kappa shape index (κ3) is 8.39. The van der Waals surface area contributed by atoms with Crippen molar-refractivity contribution in [2.75, 3.05) is 16.0 Å². The van der Waals surface area contributed by atoms with Crippen LogP contribution in [0.1, 0.15) is 54.0 Å². The predicted molar refractivity (Wildman–Crippen MR) is 139 cm³/mol. The summed E-state index contributed by atoms with van der Waals surface area (Å²) in [5.74, 6) is 0.856. The minimum absolute atomic E-state index is 0.174. The molecule has 2 aromatic heterocycles. The number of aromatic nitrogens is 2. The summed E-state index contributed by atoms with van der Waals surface area (Å²) >= 11 is 5.79. The molecule has 0 radical (unpaired) electrons. The number of anilines is 4.